The monoisotopic (exact) mass is 508 g/mol. The molecule has 0 aliphatic heterocycles. The highest BCUT2D eigenvalue weighted by atomic mass is 35.5. The molecule has 0 amide bonds. The van der Waals surface area contributed by atoms with Crippen molar-refractivity contribution < 1.29 is 4.39 Å². The van der Waals surface area contributed by atoms with Crippen LogP contribution in [0, 0.1) is 17.2 Å². The second-order valence-electron chi connectivity index (χ2n) is 11.2. The lowest BCUT2D eigenvalue weighted by Crippen LogP contribution is -2.52. The number of nitrogens with two attached hydrogens (primary N) is 1. The van der Waals surface area contributed by atoms with Gasteiger partial charge >= 0.3 is 0 Å². The number of hydrogen-bond donors (Lipinski definition) is 2. The molecule has 1 saturated carbocycles. The van der Waals surface area contributed by atoms with Crippen molar-refractivity contribution in [3.8, 4) is 0 Å². The smallest absolute Gasteiger partial charge is 0.123 e. The Hall–Kier alpha value is -1.13. The first-order chi connectivity index (χ1) is 15.2. The molecule has 190 valence electrons. The van der Waals surface area contributed by atoms with Gasteiger partial charge in [-0.15, -0.1) is 24.8 Å². The molecule has 5 heteroatoms. The topological polar surface area (TPSA) is 38.0 Å². The van der Waals surface area contributed by atoms with Gasteiger partial charge in [-0.1, -0.05) is 64.4 Å². The van der Waals surface area contributed by atoms with E-state index in [1.807, 2.05) is 0 Å². The van der Waals surface area contributed by atoms with Crippen molar-refractivity contribution >= 4 is 24.8 Å². The van der Waals surface area contributed by atoms with Gasteiger partial charge < -0.3 is 11.1 Å². The zero-order chi connectivity index (χ0) is 22.9. The molecule has 2 aliphatic rings. The number of benzene rings is 2. The molecule has 2 aromatic carbocycles. The molecule has 0 bridgehead atoms. The van der Waals surface area contributed by atoms with Crippen molar-refractivity contribution in [2.45, 2.75) is 83.6 Å². The molecular formula is C29H43Cl2FN2. The second-order valence-corrected chi connectivity index (χ2v) is 11.2. The molecule has 0 spiro atoms. The van der Waals surface area contributed by atoms with Gasteiger partial charge in [0.15, 0.2) is 0 Å². The number of rotatable bonds is 7. The Bertz CT molecular complexity index is 932. The maximum Gasteiger partial charge on any atom is 0.123 e. The Labute approximate surface area is 218 Å². The van der Waals surface area contributed by atoms with Crippen LogP contribution in [0.5, 0.6) is 0 Å². The molecule has 0 aromatic heterocycles. The van der Waals surface area contributed by atoms with E-state index in [2.05, 4.69) is 51.2 Å². The Morgan fingerprint density at radius 3 is 2.38 bits per heavy atom. The predicted octanol–water partition coefficient (Wildman–Crippen LogP) is 7.48. The average Bonchev–Trinajstić information content (AvgIpc) is 2.76. The fourth-order valence-electron chi connectivity index (χ4n) is 6.72. The third kappa shape index (κ3) is 5.81. The molecule has 0 heterocycles. The van der Waals surface area contributed by atoms with Crippen LogP contribution in [0.15, 0.2) is 42.5 Å². The molecular weight excluding hydrogens is 466 g/mol. The van der Waals surface area contributed by atoms with E-state index in [-0.39, 0.29) is 42.1 Å². The van der Waals surface area contributed by atoms with Crippen LogP contribution in [-0.4, -0.2) is 13.1 Å². The first-order valence-electron chi connectivity index (χ1n) is 12.6. The summed E-state index contributed by atoms with van der Waals surface area (Å²) in [4.78, 5) is 0. The Morgan fingerprint density at radius 1 is 1.03 bits per heavy atom. The van der Waals surface area contributed by atoms with E-state index < -0.39 is 0 Å². The minimum atomic E-state index is -0.207. The van der Waals surface area contributed by atoms with Gasteiger partial charge in [-0.2, -0.15) is 0 Å². The van der Waals surface area contributed by atoms with Crippen molar-refractivity contribution in [3.63, 3.8) is 0 Å². The van der Waals surface area contributed by atoms with Crippen molar-refractivity contribution in [2.75, 3.05) is 13.1 Å². The minimum absolute atomic E-state index is 0. The molecule has 2 nitrogen and oxygen atoms in total. The third-order valence-electron chi connectivity index (χ3n) is 8.63. The van der Waals surface area contributed by atoms with Crippen LogP contribution >= 0.6 is 24.8 Å². The van der Waals surface area contributed by atoms with Crippen LogP contribution in [0.1, 0.15) is 94.0 Å². The quantitative estimate of drug-likeness (QED) is 0.380. The minimum Gasteiger partial charge on any atom is -0.324 e. The maximum atomic E-state index is 13.2. The van der Waals surface area contributed by atoms with Crippen LogP contribution in [0.3, 0.4) is 0 Å². The second kappa shape index (κ2) is 11.7. The van der Waals surface area contributed by atoms with Gasteiger partial charge in [-0.05, 0) is 95.7 Å². The lowest BCUT2D eigenvalue weighted by molar-refractivity contribution is 0.0259. The van der Waals surface area contributed by atoms with Crippen LogP contribution in [0.25, 0.3) is 0 Å². The molecule has 4 rings (SSSR count). The predicted molar refractivity (Wildman–Crippen MR) is 147 cm³/mol. The molecule has 4 unspecified atom stereocenters. The number of hydrogen-bond acceptors (Lipinski definition) is 2. The summed E-state index contributed by atoms with van der Waals surface area (Å²) < 4.78 is 13.2. The molecule has 4 atom stereocenters. The number of aryl methyl sites for hydroxylation is 1. The van der Waals surface area contributed by atoms with Crippen LogP contribution in [-0.2, 0) is 11.8 Å². The summed E-state index contributed by atoms with van der Waals surface area (Å²) in [7, 11) is 0. The van der Waals surface area contributed by atoms with Gasteiger partial charge in [0.2, 0.25) is 0 Å². The van der Waals surface area contributed by atoms with E-state index in [0.717, 1.165) is 25.1 Å². The highest BCUT2D eigenvalue weighted by Crippen LogP contribution is 2.57. The van der Waals surface area contributed by atoms with Gasteiger partial charge in [0, 0.05) is 12.6 Å². The molecule has 0 saturated heterocycles. The van der Waals surface area contributed by atoms with Crippen LogP contribution in [0.4, 0.5) is 4.39 Å². The maximum absolute atomic E-state index is 13.2. The fourth-order valence-corrected chi connectivity index (χ4v) is 6.72. The average molecular weight is 510 g/mol. The zero-order valence-corrected chi connectivity index (χ0v) is 22.8. The normalized spacial score (nSPS) is 26.6. The van der Waals surface area contributed by atoms with Gasteiger partial charge in [0.25, 0.3) is 0 Å². The molecule has 34 heavy (non-hydrogen) atoms. The number of halogens is 3. The summed E-state index contributed by atoms with van der Waals surface area (Å²) in [6, 6.07) is 13.9. The van der Waals surface area contributed by atoms with Gasteiger partial charge in [-0.3, -0.25) is 0 Å². The summed E-state index contributed by atoms with van der Waals surface area (Å²) in [5.74, 6) is 1.09. The molecule has 2 aliphatic carbocycles. The Kier molecular flexibility index (Phi) is 10.0. The van der Waals surface area contributed by atoms with Gasteiger partial charge in [0.05, 0.1) is 0 Å². The largest absolute Gasteiger partial charge is 0.324 e. The summed E-state index contributed by atoms with van der Waals surface area (Å²) in [5, 5.41) is 3.75. The summed E-state index contributed by atoms with van der Waals surface area (Å²) in [5.41, 5.74) is 12.6. The van der Waals surface area contributed by atoms with Crippen molar-refractivity contribution in [3.05, 3.63) is 70.5 Å². The van der Waals surface area contributed by atoms with E-state index >= 15 is 0 Å². The molecule has 2 aromatic rings. The first kappa shape index (κ1) is 29.1. The van der Waals surface area contributed by atoms with Gasteiger partial charge in [-0.25, -0.2) is 4.39 Å². The van der Waals surface area contributed by atoms with E-state index in [1.54, 1.807) is 23.3 Å². The van der Waals surface area contributed by atoms with Gasteiger partial charge in [0.1, 0.15) is 5.82 Å². The number of nitrogens with one attached hydrogen (secondary N) is 1. The van der Waals surface area contributed by atoms with E-state index in [1.165, 1.54) is 49.8 Å². The van der Waals surface area contributed by atoms with Crippen molar-refractivity contribution in [1.29, 1.82) is 0 Å². The van der Waals surface area contributed by atoms with Crippen LogP contribution < -0.4 is 11.1 Å². The standard InChI is InChI=1S/C29H41FN2.2ClH/c1-20(2)22-8-12-25-23(18-22)9-13-27-28(3,15-5-16-29(25,27)4)19-32-17-14-26(31)21-6-10-24(30)11-7-21;;/h6-8,10-12,18,20,26-27,32H,5,9,13-17,19,31H2,1-4H3;2*1H. The SMILES string of the molecule is CC(C)c1ccc2c(c1)CCC1C(C)(CNCCC(N)c3ccc(F)cc3)CCCC21C.Cl.Cl. The lowest BCUT2D eigenvalue weighted by atomic mass is 9.49. The molecule has 3 N–H and O–H groups in total. The highest BCUT2D eigenvalue weighted by molar-refractivity contribution is 5.85. The highest BCUT2D eigenvalue weighted by Gasteiger charge is 2.51. The molecule has 1 fully saturated rings. The summed E-state index contributed by atoms with van der Waals surface area (Å²) >= 11 is 0. The van der Waals surface area contributed by atoms with Crippen molar-refractivity contribution in [2.24, 2.45) is 17.1 Å². The fraction of sp³-hybridized carbons (Fsp3) is 0.586. The van der Waals surface area contributed by atoms with E-state index in [0.29, 0.717) is 17.3 Å². The summed E-state index contributed by atoms with van der Waals surface area (Å²) in [6.07, 6.45) is 7.26. The lowest BCUT2D eigenvalue weighted by Gasteiger charge is -2.55. The Balaban J connectivity index is 0.00000204. The molecule has 0 radical (unpaired) electrons. The zero-order valence-electron chi connectivity index (χ0n) is 21.2. The van der Waals surface area contributed by atoms with Crippen LogP contribution in [0.2, 0.25) is 0 Å². The van der Waals surface area contributed by atoms with Crippen molar-refractivity contribution in [1.82, 2.24) is 5.32 Å². The van der Waals surface area contributed by atoms with E-state index in [4.69, 9.17) is 5.73 Å². The number of fused-ring (bicyclic) bond motifs is 3. The Morgan fingerprint density at radius 2 is 1.71 bits per heavy atom. The summed E-state index contributed by atoms with van der Waals surface area (Å²) in [6.45, 7) is 11.6. The third-order valence-corrected chi connectivity index (χ3v) is 8.63. The van der Waals surface area contributed by atoms with E-state index in [9.17, 15) is 4.39 Å². The first-order valence-corrected chi connectivity index (χ1v) is 12.6.